The maximum atomic E-state index is 14.9. The molecule has 0 fully saturated rings. The molecular weight excluding hydrogens is 481 g/mol. The first-order valence-corrected chi connectivity index (χ1v) is 13.1. The second-order valence-electron chi connectivity index (χ2n) is 10.5. The SMILES string of the molecule is C=CCOC(=C)/C(F)=C(/F)C(=C)C(=C)/C=C\C(=C)C(=C)/C=C(/F)C(=C)C(C)CCC(C)C(C)CCC(C)C. The summed E-state index contributed by atoms with van der Waals surface area (Å²) in [7, 11) is 0. The fraction of sp³-hybridized carbons (Fsp3) is 0.412. The van der Waals surface area contributed by atoms with Gasteiger partial charge in [-0.3, -0.25) is 0 Å². The van der Waals surface area contributed by atoms with Crippen LogP contribution in [0.2, 0.25) is 0 Å². The second kappa shape index (κ2) is 17.5. The lowest BCUT2D eigenvalue weighted by atomic mass is 9.83. The van der Waals surface area contributed by atoms with Gasteiger partial charge in [-0.15, -0.1) is 0 Å². The molecule has 3 atom stereocenters. The standard InChI is InChI=1S/C34H47F3O/c1-13-20-38-31(12)34(37)33(36)30(11)27(8)19-17-25(6)28(9)21-32(35)29(10)26(7)18-16-24(5)23(4)15-14-22(2)3/h13,17,19,21-24,26H,1,6,8-12,14-16,18,20H2,2-5,7H3/b19-17-,32-21+,34-33-. The maximum Gasteiger partial charge on any atom is 0.200 e. The van der Waals surface area contributed by atoms with Crippen molar-refractivity contribution in [3.05, 3.63) is 121 Å². The Morgan fingerprint density at radius 2 is 1.24 bits per heavy atom. The number of hydrogen-bond donors (Lipinski definition) is 0. The molecule has 0 saturated heterocycles. The molecule has 0 bridgehead atoms. The lowest BCUT2D eigenvalue weighted by Gasteiger charge is -2.23. The van der Waals surface area contributed by atoms with Gasteiger partial charge >= 0.3 is 0 Å². The lowest BCUT2D eigenvalue weighted by Crippen LogP contribution is -2.11. The van der Waals surface area contributed by atoms with E-state index in [1.165, 1.54) is 37.1 Å². The van der Waals surface area contributed by atoms with Gasteiger partial charge in [-0.05, 0) is 64.9 Å². The first-order chi connectivity index (χ1) is 17.6. The molecule has 0 spiro atoms. The summed E-state index contributed by atoms with van der Waals surface area (Å²) >= 11 is 0. The Hall–Kier alpha value is -3.01. The third-order valence-corrected chi connectivity index (χ3v) is 6.79. The van der Waals surface area contributed by atoms with Gasteiger partial charge < -0.3 is 4.74 Å². The normalized spacial score (nSPS) is 14.9. The highest BCUT2D eigenvalue weighted by molar-refractivity contribution is 5.52. The van der Waals surface area contributed by atoms with Crippen LogP contribution in [0.15, 0.2) is 121 Å². The average molecular weight is 529 g/mol. The van der Waals surface area contributed by atoms with Gasteiger partial charge in [0, 0.05) is 5.57 Å². The molecule has 0 aliphatic heterocycles. The molecule has 1 nitrogen and oxygen atoms in total. The van der Waals surface area contributed by atoms with Gasteiger partial charge in [-0.1, -0.05) is 112 Å². The molecule has 38 heavy (non-hydrogen) atoms. The molecule has 0 rings (SSSR count). The molecule has 0 aromatic rings. The molecule has 3 unspecified atom stereocenters. The van der Waals surface area contributed by atoms with E-state index in [4.69, 9.17) is 4.74 Å². The first kappa shape index (κ1) is 35.0. The number of halogens is 3. The smallest absolute Gasteiger partial charge is 0.200 e. The van der Waals surface area contributed by atoms with E-state index >= 15 is 0 Å². The van der Waals surface area contributed by atoms with Crippen molar-refractivity contribution in [1.82, 2.24) is 0 Å². The molecule has 0 aromatic heterocycles. The summed E-state index contributed by atoms with van der Waals surface area (Å²) in [6.45, 7) is 36.7. The van der Waals surface area contributed by atoms with Crippen molar-refractivity contribution in [2.75, 3.05) is 6.61 Å². The third-order valence-electron chi connectivity index (χ3n) is 6.79. The molecule has 0 aliphatic carbocycles. The summed E-state index contributed by atoms with van der Waals surface area (Å²) in [5, 5.41) is 0. The van der Waals surface area contributed by atoms with E-state index in [9.17, 15) is 13.2 Å². The van der Waals surface area contributed by atoms with Crippen LogP contribution in [-0.4, -0.2) is 6.61 Å². The predicted molar refractivity (Wildman–Crippen MR) is 159 cm³/mol. The Kier molecular flexibility index (Phi) is 16.1. The first-order valence-electron chi connectivity index (χ1n) is 13.1. The minimum absolute atomic E-state index is 0.0131. The van der Waals surface area contributed by atoms with Crippen LogP contribution in [0.4, 0.5) is 13.2 Å². The summed E-state index contributed by atoms with van der Waals surface area (Å²) in [5.74, 6) is -1.55. The Balaban J connectivity index is 5.07. The highest BCUT2D eigenvalue weighted by Crippen LogP contribution is 2.30. The summed E-state index contributed by atoms with van der Waals surface area (Å²) in [4.78, 5) is 0. The van der Waals surface area contributed by atoms with E-state index in [0.717, 1.165) is 12.8 Å². The Labute approximate surface area is 229 Å². The second-order valence-corrected chi connectivity index (χ2v) is 10.5. The Morgan fingerprint density at radius 3 is 1.76 bits per heavy atom. The van der Waals surface area contributed by atoms with Gasteiger partial charge in [-0.2, -0.15) is 4.39 Å². The van der Waals surface area contributed by atoms with Crippen molar-refractivity contribution in [1.29, 1.82) is 0 Å². The Morgan fingerprint density at radius 1 is 0.711 bits per heavy atom. The summed E-state index contributed by atoms with van der Waals surface area (Å²) in [6, 6.07) is 0. The number of hydrogen-bond acceptors (Lipinski definition) is 1. The van der Waals surface area contributed by atoms with Gasteiger partial charge in [0.15, 0.2) is 11.6 Å². The zero-order valence-corrected chi connectivity index (χ0v) is 24.1. The van der Waals surface area contributed by atoms with Gasteiger partial charge in [-0.25, -0.2) is 8.78 Å². The topological polar surface area (TPSA) is 9.23 Å². The lowest BCUT2D eigenvalue weighted by molar-refractivity contribution is 0.241. The van der Waals surface area contributed by atoms with Crippen LogP contribution >= 0.6 is 0 Å². The zero-order valence-electron chi connectivity index (χ0n) is 24.1. The van der Waals surface area contributed by atoms with Gasteiger partial charge in [0.05, 0.1) is 0 Å². The van der Waals surface area contributed by atoms with E-state index in [1.807, 2.05) is 6.92 Å². The quantitative estimate of drug-likeness (QED) is 0.0920. The van der Waals surface area contributed by atoms with E-state index in [2.05, 4.69) is 73.7 Å². The van der Waals surface area contributed by atoms with Crippen LogP contribution in [0.1, 0.15) is 60.3 Å². The molecule has 0 saturated carbocycles. The maximum absolute atomic E-state index is 14.9. The van der Waals surface area contributed by atoms with E-state index in [-0.39, 0.29) is 23.7 Å². The molecular formula is C34H47F3O. The zero-order chi connectivity index (χ0) is 29.6. The van der Waals surface area contributed by atoms with E-state index < -0.39 is 23.2 Å². The van der Waals surface area contributed by atoms with Crippen LogP contribution in [-0.2, 0) is 4.74 Å². The monoisotopic (exact) mass is 528 g/mol. The van der Waals surface area contributed by atoms with Crippen molar-refractivity contribution in [3.63, 3.8) is 0 Å². The fourth-order valence-electron chi connectivity index (χ4n) is 3.45. The minimum Gasteiger partial charge on any atom is -0.487 e. The average Bonchev–Trinajstić information content (AvgIpc) is 2.89. The number of ether oxygens (including phenoxy) is 1. The fourth-order valence-corrected chi connectivity index (χ4v) is 3.45. The van der Waals surface area contributed by atoms with Crippen molar-refractivity contribution in [2.45, 2.75) is 60.3 Å². The number of allylic oxidation sites excluding steroid dienone is 11. The molecule has 0 N–H and O–H groups in total. The largest absolute Gasteiger partial charge is 0.487 e. The highest BCUT2D eigenvalue weighted by atomic mass is 19.2. The van der Waals surface area contributed by atoms with Crippen molar-refractivity contribution < 1.29 is 17.9 Å². The Bertz CT molecular complexity index is 1000. The van der Waals surface area contributed by atoms with Gasteiger partial charge in [0.2, 0.25) is 5.83 Å². The molecule has 0 heterocycles. The van der Waals surface area contributed by atoms with Crippen LogP contribution in [0.25, 0.3) is 0 Å². The van der Waals surface area contributed by atoms with Crippen LogP contribution in [0.5, 0.6) is 0 Å². The van der Waals surface area contributed by atoms with Gasteiger partial charge in [0.1, 0.15) is 12.4 Å². The summed E-state index contributed by atoms with van der Waals surface area (Å²) in [5.41, 5.74) is 0.948. The molecule has 0 radical (unpaired) electrons. The molecule has 0 aromatic carbocycles. The van der Waals surface area contributed by atoms with Crippen molar-refractivity contribution in [3.8, 4) is 0 Å². The highest BCUT2D eigenvalue weighted by Gasteiger charge is 2.18. The van der Waals surface area contributed by atoms with Crippen molar-refractivity contribution in [2.24, 2.45) is 23.7 Å². The molecule has 0 aliphatic rings. The van der Waals surface area contributed by atoms with Crippen LogP contribution in [0, 0.1) is 23.7 Å². The third kappa shape index (κ3) is 12.5. The summed E-state index contributed by atoms with van der Waals surface area (Å²) < 4.78 is 48.4. The number of rotatable bonds is 19. The molecule has 210 valence electrons. The molecule has 4 heteroatoms. The van der Waals surface area contributed by atoms with Crippen molar-refractivity contribution >= 4 is 0 Å². The van der Waals surface area contributed by atoms with E-state index in [1.54, 1.807) is 0 Å². The van der Waals surface area contributed by atoms with E-state index in [0.29, 0.717) is 34.5 Å². The molecule has 0 amide bonds. The van der Waals surface area contributed by atoms with Gasteiger partial charge in [0.25, 0.3) is 0 Å². The predicted octanol–water partition coefficient (Wildman–Crippen LogP) is 11.2. The van der Waals surface area contributed by atoms with Crippen LogP contribution < -0.4 is 0 Å². The van der Waals surface area contributed by atoms with Crippen LogP contribution in [0.3, 0.4) is 0 Å². The minimum atomic E-state index is -1.27. The summed E-state index contributed by atoms with van der Waals surface area (Å²) in [6.07, 6.45) is 9.85.